The number of nitrogens with zero attached hydrogens (tertiary/aromatic N) is 1. The lowest BCUT2D eigenvalue weighted by Crippen LogP contribution is -2.40. The summed E-state index contributed by atoms with van der Waals surface area (Å²) in [5, 5.41) is 9.63. The van der Waals surface area contributed by atoms with Gasteiger partial charge >= 0.3 is 5.97 Å². The quantitative estimate of drug-likeness (QED) is 0.835. The first-order chi connectivity index (χ1) is 9.52. The lowest BCUT2D eigenvalue weighted by Gasteiger charge is -2.30. The second kappa shape index (κ2) is 5.90. The smallest absolute Gasteiger partial charge is 0.308 e. The summed E-state index contributed by atoms with van der Waals surface area (Å²) in [6.07, 6.45) is 1.02. The van der Waals surface area contributed by atoms with Crippen LogP contribution in [0.5, 0.6) is 5.75 Å². The van der Waals surface area contributed by atoms with E-state index >= 15 is 0 Å². The van der Waals surface area contributed by atoms with E-state index in [1.54, 1.807) is 0 Å². The van der Waals surface area contributed by atoms with Crippen LogP contribution in [0.25, 0.3) is 0 Å². The molecule has 0 spiro atoms. The van der Waals surface area contributed by atoms with E-state index in [-0.39, 0.29) is 23.2 Å². The molecule has 1 aromatic rings. The van der Waals surface area contributed by atoms with Gasteiger partial charge in [0.15, 0.2) is 0 Å². The molecule has 0 unspecified atom stereocenters. The number of hydrogen-bond acceptors (Lipinski definition) is 4. The lowest BCUT2D eigenvalue weighted by molar-refractivity contribution is -0.146. The molecule has 2 rings (SSSR count). The normalized spacial score (nSPS) is 16.0. The number of phenols is 1. The molecule has 1 aliphatic rings. The van der Waals surface area contributed by atoms with Gasteiger partial charge in [-0.1, -0.05) is 0 Å². The Morgan fingerprint density at radius 3 is 2.60 bits per heavy atom. The number of hydrogen-bond donors (Lipinski definition) is 1. The van der Waals surface area contributed by atoms with Crippen LogP contribution in [0.1, 0.15) is 23.2 Å². The third-order valence-electron chi connectivity index (χ3n) is 3.51. The standard InChI is InChI=1S/C14H16FNO4/c1-20-14(19)9-4-6-16(7-5-9)13(18)11-8-10(15)2-3-12(11)17/h2-3,8-9,17H,4-7H2,1H3. The average molecular weight is 281 g/mol. The zero-order chi connectivity index (χ0) is 14.7. The maximum absolute atomic E-state index is 13.1. The number of piperidine rings is 1. The Bertz CT molecular complexity index is 524. The summed E-state index contributed by atoms with van der Waals surface area (Å²) < 4.78 is 17.8. The van der Waals surface area contributed by atoms with Crippen molar-refractivity contribution in [1.29, 1.82) is 0 Å². The molecule has 0 bridgehead atoms. The molecule has 1 N–H and O–H groups in total. The molecular formula is C14H16FNO4. The van der Waals surface area contributed by atoms with Gasteiger partial charge in [-0.2, -0.15) is 0 Å². The number of amides is 1. The number of likely N-dealkylation sites (tertiary alicyclic amines) is 1. The third-order valence-corrected chi connectivity index (χ3v) is 3.51. The zero-order valence-corrected chi connectivity index (χ0v) is 11.1. The Labute approximate surface area is 116 Å². The van der Waals surface area contributed by atoms with Crippen LogP contribution in [-0.2, 0) is 9.53 Å². The Morgan fingerprint density at radius 1 is 1.35 bits per heavy atom. The van der Waals surface area contributed by atoms with Gasteiger partial charge in [0, 0.05) is 13.1 Å². The van der Waals surface area contributed by atoms with Gasteiger partial charge in [0.05, 0.1) is 18.6 Å². The molecule has 1 heterocycles. The molecule has 0 aliphatic carbocycles. The molecule has 0 aromatic heterocycles. The minimum absolute atomic E-state index is 0.0541. The van der Waals surface area contributed by atoms with Crippen molar-refractivity contribution in [2.45, 2.75) is 12.8 Å². The highest BCUT2D eigenvalue weighted by atomic mass is 19.1. The Kier molecular flexibility index (Phi) is 4.22. The first-order valence-electron chi connectivity index (χ1n) is 6.38. The predicted molar refractivity (Wildman–Crippen MR) is 68.7 cm³/mol. The molecule has 1 fully saturated rings. The van der Waals surface area contributed by atoms with E-state index in [0.717, 1.165) is 18.2 Å². The van der Waals surface area contributed by atoms with Gasteiger partial charge < -0.3 is 14.7 Å². The fraction of sp³-hybridized carbons (Fsp3) is 0.429. The molecule has 1 amide bonds. The van der Waals surface area contributed by atoms with Crippen LogP contribution in [0.3, 0.4) is 0 Å². The molecule has 1 saturated heterocycles. The molecule has 6 heteroatoms. The SMILES string of the molecule is COC(=O)C1CCN(C(=O)c2cc(F)ccc2O)CC1. The average Bonchev–Trinajstić information content (AvgIpc) is 2.48. The van der Waals surface area contributed by atoms with E-state index in [4.69, 9.17) is 0 Å². The number of carbonyl (C=O) groups is 2. The van der Waals surface area contributed by atoms with Gasteiger partial charge in [-0.05, 0) is 31.0 Å². The van der Waals surface area contributed by atoms with E-state index in [9.17, 15) is 19.1 Å². The van der Waals surface area contributed by atoms with Crippen molar-refractivity contribution in [3.8, 4) is 5.75 Å². The molecular weight excluding hydrogens is 265 g/mol. The second-order valence-electron chi connectivity index (χ2n) is 4.75. The highest BCUT2D eigenvalue weighted by Crippen LogP contribution is 2.24. The Balaban J connectivity index is 2.05. The summed E-state index contributed by atoms with van der Waals surface area (Å²) in [6.45, 7) is 0.767. The van der Waals surface area contributed by atoms with Gasteiger partial charge in [-0.3, -0.25) is 9.59 Å². The van der Waals surface area contributed by atoms with Crippen LogP contribution in [0.4, 0.5) is 4.39 Å². The number of rotatable bonds is 2. The largest absolute Gasteiger partial charge is 0.507 e. The number of ether oxygens (including phenoxy) is 1. The van der Waals surface area contributed by atoms with E-state index in [2.05, 4.69) is 4.74 Å². The van der Waals surface area contributed by atoms with Crippen molar-refractivity contribution in [1.82, 2.24) is 4.90 Å². The van der Waals surface area contributed by atoms with Crippen molar-refractivity contribution in [2.24, 2.45) is 5.92 Å². The fourth-order valence-electron chi connectivity index (χ4n) is 2.33. The van der Waals surface area contributed by atoms with Crippen molar-refractivity contribution < 1.29 is 23.8 Å². The number of carbonyl (C=O) groups excluding carboxylic acids is 2. The van der Waals surface area contributed by atoms with Crippen LogP contribution in [0, 0.1) is 11.7 Å². The predicted octanol–water partition coefficient (Wildman–Crippen LogP) is 1.56. The van der Waals surface area contributed by atoms with E-state index in [1.165, 1.54) is 12.0 Å². The van der Waals surface area contributed by atoms with Crippen LogP contribution in [0.15, 0.2) is 18.2 Å². The summed E-state index contributed by atoms with van der Waals surface area (Å²) in [5.41, 5.74) is -0.0541. The van der Waals surface area contributed by atoms with Gasteiger partial charge in [-0.25, -0.2) is 4.39 Å². The van der Waals surface area contributed by atoms with Crippen molar-refractivity contribution in [3.05, 3.63) is 29.6 Å². The topological polar surface area (TPSA) is 66.8 Å². The number of benzene rings is 1. The third kappa shape index (κ3) is 2.89. The Morgan fingerprint density at radius 2 is 2.00 bits per heavy atom. The molecule has 0 atom stereocenters. The second-order valence-corrected chi connectivity index (χ2v) is 4.75. The molecule has 20 heavy (non-hydrogen) atoms. The highest BCUT2D eigenvalue weighted by Gasteiger charge is 2.29. The van der Waals surface area contributed by atoms with Gasteiger partial charge in [0.1, 0.15) is 11.6 Å². The molecule has 0 radical (unpaired) electrons. The fourth-order valence-corrected chi connectivity index (χ4v) is 2.33. The van der Waals surface area contributed by atoms with E-state index in [0.29, 0.717) is 25.9 Å². The molecule has 108 valence electrons. The van der Waals surface area contributed by atoms with Crippen LogP contribution in [0.2, 0.25) is 0 Å². The maximum atomic E-state index is 13.1. The van der Waals surface area contributed by atoms with E-state index in [1.807, 2.05) is 0 Å². The molecule has 1 aromatic carbocycles. The maximum Gasteiger partial charge on any atom is 0.308 e. The Hall–Kier alpha value is -2.11. The number of aromatic hydroxyl groups is 1. The minimum atomic E-state index is -0.574. The van der Waals surface area contributed by atoms with Gasteiger partial charge in [0.25, 0.3) is 5.91 Å². The summed E-state index contributed by atoms with van der Waals surface area (Å²) in [6, 6.07) is 3.27. The number of methoxy groups -OCH3 is 1. The molecule has 5 nitrogen and oxygen atoms in total. The van der Waals surface area contributed by atoms with Crippen molar-refractivity contribution in [3.63, 3.8) is 0 Å². The van der Waals surface area contributed by atoms with Crippen molar-refractivity contribution >= 4 is 11.9 Å². The summed E-state index contributed by atoms with van der Waals surface area (Å²) in [5.74, 6) is -1.72. The lowest BCUT2D eigenvalue weighted by atomic mass is 9.96. The molecule has 0 saturated carbocycles. The first-order valence-corrected chi connectivity index (χ1v) is 6.38. The van der Waals surface area contributed by atoms with Crippen molar-refractivity contribution in [2.75, 3.05) is 20.2 Å². The summed E-state index contributed by atoms with van der Waals surface area (Å²) in [4.78, 5) is 25.1. The van der Waals surface area contributed by atoms with Crippen LogP contribution < -0.4 is 0 Å². The number of halogens is 1. The zero-order valence-electron chi connectivity index (χ0n) is 11.1. The number of esters is 1. The van der Waals surface area contributed by atoms with E-state index < -0.39 is 11.7 Å². The van der Waals surface area contributed by atoms with Crippen LogP contribution in [-0.4, -0.2) is 42.1 Å². The first kappa shape index (κ1) is 14.3. The highest BCUT2D eigenvalue weighted by molar-refractivity contribution is 5.97. The number of phenolic OH excluding ortho intramolecular Hbond substituents is 1. The monoisotopic (exact) mass is 281 g/mol. The summed E-state index contributed by atoms with van der Waals surface area (Å²) in [7, 11) is 1.34. The summed E-state index contributed by atoms with van der Waals surface area (Å²) >= 11 is 0. The van der Waals surface area contributed by atoms with Gasteiger partial charge in [0.2, 0.25) is 0 Å². The molecule has 1 aliphatic heterocycles. The van der Waals surface area contributed by atoms with Crippen LogP contribution >= 0.6 is 0 Å². The van der Waals surface area contributed by atoms with Gasteiger partial charge in [-0.15, -0.1) is 0 Å². The minimum Gasteiger partial charge on any atom is -0.507 e.